The molecule has 0 aromatic carbocycles. The van der Waals surface area contributed by atoms with Gasteiger partial charge in [0.15, 0.2) is 0 Å². The van der Waals surface area contributed by atoms with E-state index in [0.29, 0.717) is 12.1 Å². The van der Waals surface area contributed by atoms with Crippen LogP contribution in [-0.2, 0) is 4.79 Å². The minimum atomic E-state index is 0.221. The SMILES string of the molecule is CC(=O)N1CCC(NCC(C)N2CCCC2)CC1. The van der Waals surface area contributed by atoms with Crippen molar-refractivity contribution in [2.24, 2.45) is 0 Å². The van der Waals surface area contributed by atoms with Crippen LogP contribution < -0.4 is 5.32 Å². The molecule has 2 aliphatic rings. The van der Waals surface area contributed by atoms with Crippen molar-refractivity contribution < 1.29 is 4.79 Å². The number of hydrogen-bond donors (Lipinski definition) is 1. The molecule has 0 bridgehead atoms. The number of nitrogens with zero attached hydrogens (tertiary/aromatic N) is 2. The van der Waals surface area contributed by atoms with Crippen LogP contribution in [-0.4, -0.2) is 60.5 Å². The molecule has 0 radical (unpaired) electrons. The predicted octanol–water partition coefficient (Wildman–Crippen LogP) is 1.07. The monoisotopic (exact) mass is 253 g/mol. The number of hydrogen-bond acceptors (Lipinski definition) is 3. The fourth-order valence-electron chi connectivity index (χ4n) is 3.05. The third-order valence-corrected chi connectivity index (χ3v) is 4.41. The van der Waals surface area contributed by atoms with Crippen molar-refractivity contribution in [2.45, 2.75) is 51.6 Å². The molecule has 0 aromatic rings. The second-order valence-electron chi connectivity index (χ2n) is 5.78. The summed E-state index contributed by atoms with van der Waals surface area (Å²) in [7, 11) is 0. The lowest BCUT2D eigenvalue weighted by Crippen LogP contribution is -2.47. The molecule has 4 nitrogen and oxygen atoms in total. The van der Waals surface area contributed by atoms with Gasteiger partial charge in [0.2, 0.25) is 5.91 Å². The summed E-state index contributed by atoms with van der Waals surface area (Å²) in [5, 5.41) is 3.68. The van der Waals surface area contributed by atoms with Crippen molar-refractivity contribution in [2.75, 3.05) is 32.7 Å². The van der Waals surface area contributed by atoms with Crippen molar-refractivity contribution in [3.63, 3.8) is 0 Å². The van der Waals surface area contributed by atoms with Gasteiger partial charge >= 0.3 is 0 Å². The molecule has 4 heteroatoms. The third-order valence-electron chi connectivity index (χ3n) is 4.41. The zero-order valence-corrected chi connectivity index (χ0v) is 11.8. The van der Waals surface area contributed by atoms with Crippen LogP contribution in [0.5, 0.6) is 0 Å². The molecule has 2 rings (SSSR count). The maximum Gasteiger partial charge on any atom is 0.219 e. The summed E-state index contributed by atoms with van der Waals surface area (Å²) in [4.78, 5) is 15.8. The maximum absolute atomic E-state index is 11.2. The van der Waals surface area contributed by atoms with Crippen molar-refractivity contribution in [3.8, 4) is 0 Å². The molecule has 2 heterocycles. The van der Waals surface area contributed by atoms with Crippen molar-refractivity contribution in [1.82, 2.24) is 15.1 Å². The van der Waals surface area contributed by atoms with Gasteiger partial charge in [-0.3, -0.25) is 9.69 Å². The lowest BCUT2D eigenvalue weighted by Gasteiger charge is -2.33. The Morgan fingerprint density at radius 3 is 2.39 bits per heavy atom. The summed E-state index contributed by atoms with van der Waals surface area (Å²) in [6.07, 6.45) is 4.93. The van der Waals surface area contributed by atoms with Crippen LogP contribution in [0, 0.1) is 0 Å². The highest BCUT2D eigenvalue weighted by Gasteiger charge is 2.22. The molecule has 104 valence electrons. The van der Waals surface area contributed by atoms with Crippen LogP contribution in [0.4, 0.5) is 0 Å². The van der Waals surface area contributed by atoms with Crippen LogP contribution in [0.2, 0.25) is 0 Å². The van der Waals surface area contributed by atoms with Gasteiger partial charge in [-0.05, 0) is 45.7 Å². The van der Waals surface area contributed by atoms with Gasteiger partial charge < -0.3 is 10.2 Å². The third kappa shape index (κ3) is 3.69. The quantitative estimate of drug-likeness (QED) is 0.814. The average Bonchev–Trinajstić information content (AvgIpc) is 2.90. The Kier molecular flexibility index (Phi) is 5.01. The molecule has 1 atom stereocenters. The average molecular weight is 253 g/mol. The summed E-state index contributed by atoms with van der Waals surface area (Å²) in [5.74, 6) is 0.221. The number of likely N-dealkylation sites (tertiary alicyclic amines) is 2. The van der Waals surface area contributed by atoms with E-state index in [1.54, 1.807) is 6.92 Å². The Balaban J connectivity index is 1.64. The molecule has 2 aliphatic heterocycles. The van der Waals surface area contributed by atoms with Gasteiger partial charge in [0, 0.05) is 38.6 Å². The van der Waals surface area contributed by atoms with Gasteiger partial charge in [0.05, 0.1) is 0 Å². The van der Waals surface area contributed by atoms with Crippen LogP contribution in [0.15, 0.2) is 0 Å². The van der Waals surface area contributed by atoms with Gasteiger partial charge in [-0.2, -0.15) is 0 Å². The minimum Gasteiger partial charge on any atom is -0.343 e. The van der Waals surface area contributed by atoms with Crippen LogP contribution in [0.25, 0.3) is 0 Å². The Hall–Kier alpha value is -0.610. The van der Waals surface area contributed by atoms with E-state index >= 15 is 0 Å². The van der Waals surface area contributed by atoms with Gasteiger partial charge in [0.1, 0.15) is 0 Å². The number of carbonyl (C=O) groups is 1. The fraction of sp³-hybridized carbons (Fsp3) is 0.929. The lowest BCUT2D eigenvalue weighted by atomic mass is 10.0. The van der Waals surface area contributed by atoms with Crippen LogP contribution in [0.1, 0.15) is 39.5 Å². The van der Waals surface area contributed by atoms with Crippen LogP contribution in [0.3, 0.4) is 0 Å². The first-order chi connectivity index (χ1) is 8.66. The maximum atomic E-state index is 11.2. The molecule has 0 aromatic heterocycles. The second-order valence-corrected chi connectivity index (χ2v) is 5.78. The van der Waals surface area contributed by atoms with Crippen molar-refractivity contribution in [3.05, 3.63) is 0 Å². The molecule has 1 unspecified atom stereocenters. The Labute approximate surface area is 111 Å². The summed E-state index contributed by atoms with van der Waals surface area (Å²) in [6.45, 7) is 9.46. The van der Waals surface area contributed by atoms with E-state index in [2.05, 4.69) is 17.1 Å². The van der Waals surface area contributed by atoms with E-state index in [4.69, 9.17) is 0 Å². The molecule has 0 spiro atoms. The van der Waals surface area contributed by atoms with E-state index in [0.717, 1.165) is 32.5 Å². The first kappa shape index (κ1) is 13.8. The summed E-state index contributed by atoms with van der Waals surface area (Å²) >= 11 is 0. The number of piperidine rings is 1. The Morgan fingerprint density at radius 2 is 1.83 bits per heavy atom. The highest BCUT2D eigenvalue weighted by atomic mass is 16.2. The van der Waals surface area contributed by atoms with E-state index in [1.807, 2.05) is 4.90 Å². The van der Waals surface area contributed by atoms with Gasteiger partial charge in [-0.25, -0.2) is 0 Å². The molecule has 1 N–H and O–H groups in total. The fourth-order valence-corrected chi connectivity index (χ4v) is 3.05. The molecule has 0 saturated carbocycles. The summed E-state index contributed by atoms with van der Waals surface area (Å²) < 4.78 is 0. The highest BCUT2D eigenvalue weighted by Crippen LogP contribution is 2.13. The number of carbonyl (C=O) groups excluding carboxylic acids is 1. The van der Waals surface area contributed by atoms with Crippen molar-refractivity contribution >= 4 is 5.91 Å². The van der Waals surface area contributed by atoms with Gasteiger partial charge in [-0.15, -0.1) is 0 Å². The van der Waals surface area contributed by atoms with Crippen LogP contribution >= 0.6 is 0 Å². The highest BCUT2D eigenvalue weighted by molar-refractivity contribution is 5.73. The Bertz CT molecular complexity index is 268. The number of nitrogens with one attached hydrogen (secondary N) is 1. The zero-order chi connectivity index (χ0) is 13.0. The van der Waals surface area contributed by atoms with E-state index in [9.17, 15) is 4.79 Å². The lowest BCUT2D eigenvalue weighted by molar-refractivity contribution is -0.129. The molecule has 18 heavy (non-hydrogen) atoms. The molecule has 1 amide bonds. The molecule has 0 aliphatic carbocycles. The molecular formula is C14H27N3O. The number of rotatable bonds is 4. The number of amides is 1. The van der Waals surface area contributed by atoms with Gasteiger partial charge in [-0.1, -0.05) is 0 Å². The van der Waals surface area contributed by atoms with Crippen molar-refractivity contribution in [1.29, 1.82) is 0 Å². The topological polar surface area (TPSA) is 35.6 Å². The van der Waals surface area contributed by atoms with E-state index in [1.165, 1.54) is 25.9 Å². The molecule has 2 saturated heterocycles. The summed E-state index contributed by atoms with van der Waals surface area (Å²) in [5.41, 5.74) is 0. The van der Waals surface area contributed by atoms with Gasteiger partial charge in [0.25, 0.3) is 0 Å². The normalized spacial score (nSPS) is 24.4. The van der Waals surface area contributed by atoms with E-state index < -0.39 is 0 Å². The minimum absolute atomic E-state index is 0.221. The zero-order valence-electron chi connectivity index (χ0n) is 11.8. The Morgan fingerprint density at radius 1 is 1.22 bits per heavy atom. The molecular weight excluding hydrogens is 226 g/mol. The summed E-state index contributed by atoms with van der Waals surface area (Å²) in [6, 6.07) is 1.25. The first-order valence-corrected chi connectivity index (χ1v) is 7.40. The smallest absolute Gasteiger partial charge is 0.219 e. The second kappa shape index (κ2) is 6.53. The first-order valence-electron chi connectivity index (χ1n) is 7.40. The largest absolute Gasteiger partial charge is 0.343 e. The molecule has 2 fully saturated rings. The standard InChI is InChI=1S/C14H27N3O/c1-12(16-7-3-4-8-16)11-15-14-5-9-17(10-6-14)13(2)18/h12,14-15H,3-11H2,1-2H3. The predicted molar refractivity (Wildman–Crippen MR) is 73.5 cm³/mol. The van der Waals surface area contributed by atoms with E-state index in [-0.39, 0.29) is 5.91 Å².